The van der Waals surface area contributed by atoms with Gasteiger partial charge in [0.05, 0.1) is 0 Å². The first-order valence-corrected chi connectivity index (χ1v) is 6.81. The van der Waals surface area contributed by atoms with E-state index in [9.17, 15) is 9.18 Å². The van der Waals surface area contributed by atoms with Crippen molar-refractivity contribution in [1.29, 1.82) is 0 Å². The number of carbonyl (C=O) groups excluding carboxylic acids is 1. The Morgan fingerprint density at radius 3 is 2.71 bits per heavy atom. The van der Waals surface area contributed by atoms with Gasteiger partial charge in [0.15, 0.2) is 5.76 Å². The summed E-state index contributed by atoms with van der Waals surface area (Å²) < 4.78 is 18.7. The second-order valence-corrected chi connectivity index (χ2v) is 5.32. The lowest BCUT2D eigenvalue weighted by molar-refractivity contribution is 0.0968. The minimum atomic E-state index is -0.336. The summed E-state index contributed by atoms with van der Waals surface area (Å²) in [6.07, 6.45) is 0.288. The van der Waals surface area contributed by atoms with Gasteiger partial charge >= 0.3 is 0 Å². The third-order valence-corrected chi connectivity index (χ3v) is 3.61. The highest BCUT2D eigenvalue weighted by molar-refractivity contribution is 5.98. The first-order chi connectivity index (χ1) is 10.0. The summed E-state index contributed by atoms with van der Waals surface area (Å²) in [6.45, 7) is 3.98. The minimum absolute atomic E-state index is 0.0969. The van der Waals surface area contributed by atoms with Gasteiger partial charge < -0.3 is 4.42 Å². The molecule has 0 N–H and O–H groups in total. The number of Topliss-reactive ketones (excluding diaryl/α,β-unsaturated/α-hetero) is 1. The molecule has 0 radical (unpaired) electrons. The predicted octanol–water partition coefficient (Wildman–Crippen LogP) is 4.61. The Labute approximate surface area is 122 Å². The fourth-order valence-electron chi connectivity index (χ4n) is 2.40. The average molecular weight is 282 g/mol. The van der Waals surface area contributed by atoms with Crippen LogP contribution in [0.4, 0.5) is 4.39 Å². The van der Waals surface area contributed by atoms with E-state index in [0.717, 1.165) is 16.7 Å². The maximum absolute atomic E-state index is 13.2. The summed E-state index contributed by atoms with van der Waals surface area (Å²) in [7, 11) is 0. The smallest absolute Gasteiger partial charge is 0.202 e. The van der Waals surface area contributed by atoms with Crippen LogP contribution in [0, 0.1) is 19.7 Å². The molecule has 0 fully saturated rings. The lowest BCUT2D eigenvalue weighted by Crippen LogP contribution is -2.03. The van der Waals surface area contributed by atoms with Crippen LogP contribution >= 0.6 is 0 Å². The standard InChI is InChI=1S/C18H15FO2/c1-11-3-4-12(2)13(7-11)9-16(20)18-10-14-8-15(19)5-6-17(14)21-18/h3-8,10H,9H2,1-2H3. The highest BCUT2D eigenvalue weighted by atomic mass is 19.1. The summed E-state index contributed by atoms with van der Waals surface area (Å²) in [5.74, 6) is -0.159. The molecule has 106 valence electrons. The SMILES string of the molecule is Cc1ccc(C)c(CC(=O)c2cc3cc(F)ccc3o2)c1. The molecule has 3 aromatic rings. The first kappa shape index (κ1) is 13.6. The normalized spacial score (nSPS) is 11.0. The molecule has 0 saturated heterocycles. The number of ketones is 1. The lowest BCUT2D eigenvalue weighted by atomic mass is 10.00. The summed E-state index contributed by atoms with van der Waals surface area (Å²) in [5.41, 5.74) is 3.72. The molecule has 0 aliphatic carbocycles. The molecular weight excluding hydrogens is 267 g/mol. The molecule has 2 aromatic carbocycles. The van der Waals surface area contributed by atoms with E-state index in [0.29, 0.717) is 11.0 Å². The van der Waals surface area contributed by atoms with Crippen LogP contribution in [-0.2, 0) is 6.42 Å². The van der Waals surface area contributed by atoms with Crippen LogP contribution in [-0.4, -0.2) is 5.78 Å². The van der Waals surface area contributed by atoms with E-state index in [4.69, 9.17) is 4.42 Å². The molecule has 0 atom stereocenters. The molecule has 0 bridgehead atoms. The molecule has 3 heteroatoms. The molecule has 0 amide bonds. The van der Waals surface area contributed by atoms with Crippen LogP contribution in [0.15, 0.2) is 46.9 Å². The van der Waals surface area contributed by atoms with Gasteiger partial charge in [-0.3, -0.25) is 4.79 Å². The average Bonchev–Trinajstić information content (AvgIpc) is 2.86. The number of halogens is 1. The van der Waals surface area contributed by atoms with Gasteiger partial charge in [-0.15, -0.1) is 0 Å². The third-order valence-electron chi connectivity index (χ3n) is 3.61. The van der Waals surface area contributed by atoms with Crippen LogP contribution in [0.25, 0.3) is 11.0 Å². The van der Waals surface area contributed by atoms with E-state index < -0.39 is 0 Å². The van der Waals surface area contributed by atoms with E-state index in [2.05, 4.69) is 0 Å². The lowest BCUT2D eigenvalue weighted by Gasteiger charge is -2.05. The maximum Gasteiger partial charge on any atom is 0.202 e. The van der Waals surface area contributed by atoms with Gasteiger partial charge in [0.25, 0.3) is 0 Å². The first-order valence-electron chi connectivity index (χ1n) is 6.81. The molecule has 0 aliphatic rings. The highest BCUT2D eigenvalue weighted by Gasteiger charge is 2.14. The Bertz CT molecular complexity index is 830. The fraction of sp³-hybridized carbons (Fsp3) is 0.167. The molecule has 0 aliphatic heterocycles. The van der Waals surface area contributed by atoms with Crippen molar-refractivity contribution in [2.24, 2.45) is 0 Å². The molecule has 0 spiro atoms. The molecule has 2 nitrogen and oxygen atoms in total. The molecule has 1 heterocycles. The Hall–Kier alpha value is -2.42. The maximum atomic E-state index is 13.2. The number of aryl methyl sites for hydroxylation is 2. The Kier molecular flexibility index (Phi) is 3.34. The monoisotopic (exact) mass is 282 g/mol. The van der Waals surface area contributed by atoms with Crippen molar-refractivity contribution in [3.8, 4) is 0 Å². The molecule has 1 aromatic heterocycles. The summed E-state index contributed by atoms with van der Waals surface area (Å²) in [5, 5.41) is 0.610. The third kappa shape index (κ3) is 2.72. The number of benzene rings is 2. The molecule has 0 saturated carbocycles. The van der Waals surface area contributed by atoms with Gasteiger partial charge in [-0.25, -0.2) is 4.39 Å². The van der Waals surface area contributed by atoms with Crippen LogP contribution in [0.5, 0.6) is 0 Å². The number of rotatable bonds is 3. The number of fused-ring (bicyclic) bond motifs is 1. The second-order valence-electron chi connectivity index (χ2n) is 5.32. The van der Waals surface area contributed by atoms with Crippen molar-refractivity contribution < 1.29 is 13.6 Å². The zero-order chi connectivity index (χ0) is 15.0. The van der Waals surface area contributed by atoms with Gasteiger partial charge in [-0.2, -0.15) is 0 Å². The van der Waals surface area contributed by atoms with Crippen LogP contribution in [0.3, 0.4) is 0 Å². The van der Waals surface area contributed by atoms with Crippen LogP contribution in [0.1, 0.15) is 27.2 Å². The number of hydrogen-bond acceptors (Lipinski definition) is 2. The van der Waals surface area contributed by atoms with Crippen molar-refractivity contribution in [3.63, 3.8) is 0 Å². The van der Waals surface area contributed by atoms with Crippen molar-refractivity contribution in [2.75, 3.05) is 0 Å². The second kappa shape index (κ2) is 5.17. The van der Waals surface area contributed by atoms with Crippen LogP contribution in [0.2, 0.25) is 0 Å². The van der Waals surface area contributed by atoms with E-state index in [1.807, 2.05) is 32.0 Å². The summed E-state index contributed by atoms with van der Waals surface area (Å²) >= 11 is 0. The quantitative estimate of drug-likeness (QED) is 0.656. The Morgan fingerprint density at radius 1 is 1.10 bits per heavy atom. The molecule has 21 heavy (non-hydrogen) atoms. The minimum Gasteiger partial charge on any atom is -0.453 e. The van der Waals surface area contributed by atoms with Gasteiger partial charge in [0.2, 0.25) is 5.78 Å². The number of hydrogen-bond donors (Lipinski definition) is 0. The van der Waals surface area contributed by atoms with Crippen molar-refractivity contribution in [2.45, 2.75) is 20.3 Å². The summed E-state index contributed by atoms with van der Waals surface area (Å²) in [4.78, 5) is 12.3. The van der Waals surface area contributed by atoms with Crippen molar-refractivity contribution in [1.82, 2.24) is 0 Å². The number of carbonyl (C=O) groups is 1. The van der Waals surface area contributed by atoms with E-state index in [1.54, 1.807) is 12.1 Å². The molecule has 0 unspecified atom stereocenters. The van der Waals surface area contributed by atoms with E-state index in [1.165, 1.54) is 12.1 Å². The van der Waals surface area contributed by atoms with E-state index in [-0.39, 0.29) is 23.8 Å². The highest BCUT2D eigenvalue weighted by Crippen LogP contribution is 2.22. The van der Waals surface area contributed by atoms with Crippen molar-refractivity contribution in [3.05, 3.63) is 70.7 Å². The predicted molar refractivity (Wildman–Crippen MR) is 80.1 cm³/mol. The zero-order valence-corrected chi connectivity index (χ0v) is 11.9. The zero-order valence-electron chi connectivity index (χ0n) is 11.9. The van der Waals surface area contributed by atoms with Gasteiger partial charge in [0.1, 0.15) is 11.4 Å². The van der Waals surface area contributed by atoms with Gasteiger partial charge in [0, 0.05) is 11.8 Å². The van der Waals surface area contributed by atoms with Crippen molar-refractivity contribution >= 4 is 16.8 Å². The molecule has 3 rings (SSSR count). The summed E-state index contributed by atoms with van der Waals surface area (Å²) in [6, 6.07) is 11.9. The Balaban J connectivity index is 1.91. The van der Waals surface area contributed by atoms with E-state index >= 15 is 0 Å². The van der Waals surface area contributed by atoms with Gasteiger partial charge in [-0.1, -0.05) is 23.8 Å². The number of furan rings is 1. The Morgan fingerprint density at radius 2 is 1.90 bits per heavy atom. The fourth-order valence-corrected chi connectivity index (χ4v) is 2.40. The van der Waals surface area contributed by atoms with Crippen LogP contribution < -0.4 is 0 Å². The van der Waals surface area contributed by atoms with Gasteiger partial charge in [-0.05, 0) is 49.2 Å². The largest absolute Gasteiger partial charge is 0.453 e. The topological polar surface area (TPSA) is 30.2 Å². The molecular formula is C18H15FO2.